The fraction of sp³-hybridized carbons (Fsp3) is 0.286. The minimum atomic E-state index is -4.49. The molecule has 4 nitrogen and oxygen atoms in total. The van der Waals surface area contributed by atoms with Crippen molar-refractivity contribution < 1.29 is 13.2 Å². The van der Waals surface area contributed by atoms with Crippen LogP contribution in [0.1, 0.15) is 11.4 Å². The van der Waals surface area contributed by atoms with Crippen molar-refractivity contribution in [2.45, 2.75) is 13.1 Å². The van der Waals surface area contributed by atoms with Gasteiger partial charge in [0.15, 0.2) is 0 Å². The smallest absolute Gasteiger partial charge is 0.390 e. The Kier molecular flexibility index (Phi) is 2.68. The van der Waals surface area contributed by atoms with E-state index in [0.717, 1.165) is 12.4 Å². The fourth-order valence-corrected chi connectivity index (χ4v) is 0.823. The van der Waals surface area contributed by atoms with Gasteiger partial charge >= 0.3 is 6.18 Å². The van der Waals surface area contributed by atoms with Crippen molar-refractivity contribution in [3.8, 4) is 0 Å². The van der Waals surface area contributed by atoms with Crippen molar-refractivity contribution in [3.05, 3.63) is 17.5 Å². The van der Waals surface area contributed by atoms with Crippen LogP contribution in [-0.4, -0.2) is 16.3 Å². The van der Waals surface area contributed by atoms with E-state index < -0.39 is 11.9 Å². The molecule has 2 N–H and O–H groups in total. The van der Waals surface area contributed by atoms with Gasteiger partial charge in [0.2, 0.25) is 0 Å². The second-order valence-electron chi connectivity index (χ2n) is 2.47. The normalized spacial score (nSPS) is 12.3. The Labute approximate surface area is 77.7 Å². The maximum absolute atomic E-state index is 12.2. The lowest BCUT2D eigenvalue weighted by Crippen LogP contribution is -2.09. The summed E-state index contributed by atoms with van der Waals surface area (Å²) in [5.74, 6) is -0.292. The van der Waals surface area contributed by atoms with Crippen molar-refractivity contribution in [1.82, 2.24) is 9.97 Å². The molecule has 1 aromatic heterocycles. The van der Waals surface area contributed by atoms with Crippen molar-refractivity contribution in [2.24, 2.45) is 10.7 Å². The van der Waals surface area contributed by atoms with Crippen LogP contribution >= 0.6 is 0 Å². The molecule has 1 rings (SSSR count). The molecule has 14 heavy (non-hydrogen) atoms. The maximum atomic E-state index is 12.2. The van der Waals surface area contributed by atoms with Gasteiger partial charge in [0.25, 0.3) is 5.95 Å². The third-order valence-electron chi connectivity index (χ3n) is 1.32. The molecule has 0 aliphatic rings. The number of hydrogen-bond acceptors (Lipinski definition) is 3. The Morgan fingerprint density at radius 2 is 2.07 bits per heavy atom. The van der Waals surface area contributed by atoms with Crippen LogP contribution in [0.25, 0.3) is 0 Å². The van der Waals surface area contributed by atoms with E-state index >= 15 is 0 Å². The summed E-state index contributed by atoms with van der Waals surface area (Å²) >= 11 is 0. The molecule has 0 fully saturated rings. The summed E-state index contributed by atoms with van der Waals surface area (Å²) in [4.78, 5) is 10.2. The highest BCUT2D eigenvalue weighted by atomic mass is 19.4. The first-order valence-electron chi connectivity index (χ1n) is 3.60. The zero-order valence-electron chi connectivity index (χ0n) is 7.21. The molecule has 0 unspecified atom stereocenters. The minimum absolute atomic E-state index is 0.188. The molecule has 1 heterocycles. The number of aryl methyl sites for hydroxylation is 1. The summed E-state index contributed by atoms with van der Waals surface area (Å²) in [6.45, 7) is 1.42. The lowest BCUT2D eigenvalue weighted by molar-refractivity contribution is -0.141. The van der Waals surface area contributed by atoms with Gasteiger partial charge in [-0.05, 0) is 13.0 Å². The number of halogens is 3. The van der Waals surface area contributed by atoms with Crippen LogP contribution in [0.5, 0.6) is 0 Å². The number of alkyl halides is 3. The van der Waals surface area contributed by atoms with E-state index in [4.69, 9.17) is 5.73 Å². The number of nitrogens with two attached hydrogens (primary N) is 1. The molecule has 7 heteroatoms. The number of rotatable bonds is 1. The van der Waals surface area contributed by atoms with Gasteiger partial charge in [-0.15, -0.1) is 0 Å². The second-order valence-corrected chi connectivity index (χ2v) is 2.47. The van der Waals surface area contributed by atoms with Crippen LogP contribution in [-0.2, 0) is 6.18 Å². The van der Waals surface area contributed by atoms with E-state index in [9.17, 15) is 13.2 Å². The average Bonchev–Trinajstić information content (AvgIpc) is 2.02. The summed E-state index contributed by atoms with van der Waals surface area (Å²) < 4.78 is 36.6. The van der Waals surface area contributed by atoms with Gasteiger partial charge in [-0.3, -0.25) is 0 Å². The third-order valence-corrected chi connectivity index (χ3v) is 1.32. The molecule has 0 bridgehead atoms. The topological polar surface area (TPSA) is 64.2 Å². The molecule has 76 valence electrons. The highest BCUT2D eigenvalue weighted by Crippen LogP contribution is 2.28. The van der Waals surface area contributed by atoms with Gasteiger partial charge in [-0.2, -0.15) is 13.2 Å². The first-order chi connectivity index (χ1) is 6.43. The molecule has 0 saturated carbocycles. The molecule has 1 aromatic rings. The Bertz CT molecular complexity index is 358. The highest BCUT2D eigenvalue weighted by molar-refractivity contribution is 5.55. The van der Waals surface area contributed by atoms with Gasteiger partial charge in [0.1, 0.15) is 5.69 Å². The fourth-order valence-electron chi connectivity index (χ4n) is 0.823. The van der Waals surface area contributed by atoms with E-state index in [1.165, 1.54) is 6.92 Å². The number of hydrogen-bond donors (Lipinski definition) is 1. The molecule has 0 saturated heterocycles. The van der Waals surface area contributed by atoms with Crippen LogP contribution in [0.3, 0.4) is 0 Å². The maximum Gasteiger partial charge on any atom is 0.433 e. The van der Waals surface area contributed by atoms with Crippen LogP contribution in [0.2, 0.25) is 0 Å². The summed E-state index contributed by atoms with van der Waals surface area (Å²) in [6, 6.07) is 0.843. The van der Waals surface area contributed by atoms with Crippen LogP contribution in [0.15, 0.2) is 11.1 Å². The first-order valence-corrected chi connectivity index (χ1v) is 3.60. The quantitative estimate of drug-likeness (QED) is 0.555. The van der Waals surface area contributed by atoms with E-state index in [1.54, 1.807) is 0 Å². The zero-order valence-corrected chi connectivity index (χ0v) is 7.21. The molecular formula is C7H7F3N4. The van der Waals surface area contributed by atoms with Gasteiger partial charge in [-0.25, -0.2) is 15.0 Å². The summed E-state index contributed by atoms with van der Waals surface area (Å²) in [5.41, 5.74) is 4.08. The summed E-state index contributed by atoms with van der Waals surface area (Å²) in [5, 5.41) is 0. The Morgan fingerprint density at radius 3 is 2.57 bits per heavy atom. The lowest BCUT2D eigenvalue weighted by atomic mass is 10.3. The predicted octanol–water partition coefficient (Wildman–Crippen LogP) is 1.42. The third kappa shape index (κ3) is 2.41. The summed E-state index contributed by atoms with van der Waals surface area (Å²) in [6.07, 6.45) is -3.65. The molecule has 0 atom stereocenters. The number of aromatic nitrogens is 2. The van der Waals surface area contributed by atoms with Crippen LogP contribution < -0.4 is 5.73 Å². The predicted molar refractivity (Wildman–Crippen MR) is 44.1 cm³/mol. The summed E-state index contributed by atoms with van der Waals surface area (Å²) in [7, 11) is 0. The lowest BCUT2D eigenvalue weighted by Gasteiger charge is -2.06. The van der Waals surface area contributed by atoms with Crippen LogP contribution in [0, 0.1) is 6.92 Å². The van der Waals surface area contributed by atoms with Crippen LogP contribution in [0.4, 0.5) is 19.1 Å². The Morgan fingerprint density at radius 1 is 1.43 bits per heavy atom. The Balaban J connectivity index is 3.20. The van der Waals surface area contributed by atoms with E-state index in [2.05, 4.69) is 15.0 Å². The van der Waals surface area contributed by atoms with E-state index in [-0.39, 0.29) is 11.6 Å². The second kappa shape index (κ2) is 3.60. The minimum Gasteiger partial charge on any atom is -0.390 e. The van der Waals surface area contributed by atoms with Crippen molar-refractivity contribution in [1.29, 1.82) is 0 Å². The van der Waals surface area contributed by atoms with Gasteiger partial charge in [0.05, 0.1) is 6.34 Å². The van der Waals surface area contributed by atoms with Gasteiger partial charge in [-0.1, -0.05) is 0 Å². The molecule has 0 amide bonds. The SMILES string of the molecule is Cc1cc(C(F)(F)F)nc(N=CN)n1. The number of nitrogens with zero attached hydrogens (tertiary/aromatic N) is 3. The molecule has 0 radical (unpaired) electrons. The van der Waals surface area contributed by atoms with Crippen molar-refractivity contribution in [2.75, 3.05) is 0 Å². The average molecular weight is 204 g/mol. The molecular weight excluding hydrogens is 197 g/mol. The highest BCUT2D eigenvalue weighted by Gasteiger charge is 2.33. The molecule has 0 aliphatic carbocycles. The largest absolute Gasteiger partial charge is 0.433 e. The zero-order chi connectivity index (χ0) is 10.8. The first kappa shape index (κ1) is 10.4. The van der Waals surface area contributed by atoms with Crippen molar-refractivity contribution >= 4 is 12.3 Å². The standard InChI is InChI=1S/C7H7F3N4/c1-4-2-5(7(8,9)10)14-6(13-4)12-3-11/h2-3H,1H3,(H2,11,12,13,14). The number of aliphatic imine (C=N–C) groups is 1. The molecule has 0 aromatic carbocycles. The van der Waals surface area contributed by atoms with E-state index in [1.807, 2.05) is 0 Å². The van der Waals surface area contributed by atoms with Gasteiger partial charge < -0.3 is 5.73 Å². The Hall–Kier alpha value is -1.66. The van der Waals surface area contributed by atoms with Gasteiger partial charge in [0, 0.05) is 5.69 Å². The van der Waals surface area contributed by atoms with Crippen molar-refractivity contribution in [3.63, 3.8) is 0 Å². The molecule has 0 spiro atoms. The van der Waals surface area contributed by atoms with E-state index in [0.29, 0.717) is 0 Å². The monoisotopic (exact) mass is 204 g/mol. The molecule has 0 aliphatic heterocycles.